The number of hydrogen-bond donors (Lipinski definition) is 1. The highest BCUT2D eigenvalue weighted by atomic mass is 32.1. The monoisotopic (exact) mass is 314 g/mol. The van der Waals surface area contributed by atoms with E-state index in [4.69, 9.17) is 0 Å². The van der Waals surface area contributed by atoms with Crippen molar-refractivity contribution in [3.05, 3.63) is 46.2 Å². The van der Waals surface area contributed by atoms with Gasteiger partial charge in [0.2, 0.25) is 0 Å². The second kappa shape index (κ2) is 4.82. The molecule has 0 unspecified atom stereocenters. The number of anilines is 1. The highest BCUT2D eigenvalue weighted by molar-refractivity contribution is 7.16. The third-order valence-corrected chi connectivity index (χ3v) is 5.36. The van der Waals surface area contributed by atoms with Gasteiger partial charge >= 0.3 is 0 Å². The summed E-state index contributed by atoms with van der Waals surface area (Å²) in [5.74, 6) is 0. The molecule has 1 N–H and O–H groups in total. The van der Waals surface area contributed by atoms with Crippen LogP contribution in [0.5, 0.6) is 0 Å². The first kappa shape index (κ1) is 12.8. The number of fused-ring (bicyclic) bond motifs is 2. The number of hydrogen-bond acceptors (Lipinski definition) is 5. The highest BCUT2D eigenvalue weighted by Gasteiger charge is 2.11. The van der Waals surface area contributed by atoms with E-state index in [1.165, 1.54) is 16.1 Å². The summed E-state index contributed by atoms with van der Waals surface area (Å²) in [4.78, 5) is 10.00. The molecular formula is C15H14N4S2. The molecule has 1 aromatic carbocycles. The van der Waals surface area contributed by atoms with Gasteiger partial charge in [-0.15, -0.1) is 22.7 Å². The lowest BCUT2D eigenvalue weighted by Crippen LogP contribution is -2.04. The highest BCUT2D eigenvalue weighted by Crippen LogP contribution is 2.24. The fourth-order valence-corrected chi connectivity index (χ4v) is 4.17. The van der Waals surface area contributed by atoms with Crippen molar-refractivity contribution in [1.29, 1.82) is 0 Å². The summed E-state index contributed by atoms with van der Waals surface area (Å²) in [6.07, 6.45) is 0. The minimum Gasteiger partial charge on any atom is -0.379 e. The Balaban J connectivity index is 1.65. The van der Waals surface area contributed by atoms with Crippen LogP contribution in [0.25, 0.3) is 15.2 Å². The first-order valence-corrected chi connectivity index (χ1v) is 8.47. The molecule has 0 saturated carbocycles. The van der Waals surface area contributed by atoms with E-state index in [9.17, 15) is 0 Å². The van der Waals surface area contributed by atoms with Crippen LogP contribution in [-0.4, -0.2) is 14.4 Å². The Morgan fingerprint density at radius 2 is 2.14 bits per heavy atom. The lowest BCUT2D eigenvalue weighted by molar-refractivity contribution is 0.967. The van der Waals surface area contributed by atoms with Crippen LogP contribution in [0.2, 0.25) is 0 Å². The molecule has 0 aliphatic heterocycles. The van der Waals surface area contributed by atoms with Gasteiger partial charge in [-0.3, -0.25) is 4.40 Å². The van der Waals surface area contributed by atoms with Crippen molar-refractivity contribution in [2.24, 2.45) is 0 Å². The second-order valence-electron chi connectivity index (χ2n) is 5.03. The Morgan fingerprint density at radius 1 is 1.24 bits per heavy atom. The van der Waals surface area contributed by atoms with Gasteiger partial charge in [-0.05, 0) is 32.0 Å². The van der Waals surface area contributed by atoms with E-state index in [1.54, 1.807) is 22.7 Å². The molecule has 0 aliphatic carbocycles. The van der Waals surface area contributed by atoms with Crippen LogP contribution >= 0.6 is 22.7 Å². The van der Waals surface area contributed by atoms with E-state index in [2.05, 4.69) is 57.1 Å². The van der Waals surface area contributed by atoms with Crippen molar-refractivity contribution in [2.75, 3.05) is 5.32 Å². The topological polar surface area (TPSA) is 42.2 Å². The van der Waals surface area contributed by atoms with Crippen LogP contribution in [0, 0.1) is 13.8 Å². The minimum atomic E-state index is 0.773. The van der Waals surface area contributed by atoms with Gasteiger partial charge in [0.15, 0.2) is 4.96 Å². The molecule has 21 heavy (non-hydrogen) atoms. The number of imidazole rings is 1. The van der Waals surface area contributed by atoms with E-state index in [0.29, 0.717) is 0 Å². The summed E-state index contributed by atoms with van der Waals surface area (Å²) in [6, 6.07) is 6.29. The molecule has 3 aromatic heterocycles. The van der Waals surface area contributed by atoms with E-state index < -0.39 is 0 Å². The van der Waals surface area contributed by atoms with E-state index >= 15 is 0 Å². The first-order valence-electron chi connectivity index (χ1n) is 6.71. The molecule has 3 heterocycles. The standard InChI is InChI=1S/C15H14N4S2/c1-9-7-20-15-18-10(2)13(19(9)15)6-16-11-3-4-12-14(5-11)21-8-17-12/h3-5,7-8,16H,6H2,1-2H3. The maximum atomic E-state index is 4.62. The summed E-state index contributed by atoms with van der Waals surface area (Å²) in [6.45, 7) is 4.97. The van der Waals surface area contributed by atoms with Gasteiger partial charge in [0.1, 0.15) is 0 Å². The predicted octanol–water partition coefficient (Wildman–Crippen LogP) is 4.23. The summed E-state index contributed by atoms with van der Waals surface area (Å²) in [5.41, 5.74) is 7.62. The molecule has 0 saturated heterocycles. The Kier molecular flexibility index (Phi) is 2.94. The van der Waals surface area contributed by atoms with Gasteiger partial charge in [-0.1, -0.05) is 0 Å². The Bertz CT molecular complexity index is 932. The molecule has 0 aliphatic rings. The molecular weight excluding hydrogens is 300 g/mol. The normalized spacial score (nSPS) is 11.5. The van der Waals surface area contributed by atoms with Crippen molar-refractivity contribution in [2.45, 2.75) is 20.4 Å². The number of aromatic nitrogens is 3. The number of aryl methyl sites for hydroxylation is 2. The van der Waals surface area contributed by atoms with E-state index in [0.717, 1.165) is 28.4 Å². The number of nitrogens with zero attached hydrogens (tertiary/aromatic N) is 3. The first-order chi connectivity index (χ1) is 10.2. The van der Waals surface area contributed by atoms with Gasteiger partial charge in [0.25, 0.3) is 0 Å². The molecule has 4 aromatic rings. The molecule has 106 valence electrons. The zero-order chi connectivity index (χ0) is 14.4. The van der Waals surface area contributed by atoms with Crippen LogP contribution in [0.3, 0.4) is 0 Å². The average Bonchev–Trinajstić information content (AvgIpc) is 3.14. The van der Waals surface area contributed by atoms with Gasteiger partial charge < -0.3 is 5.32 Å². The van der Waals surface area contributed by atoms with Crippen LogP contribution in [0.4, 0.5) is 5.69 Å². The molecule has 0 amide bonds. The fourth-order valence-electron chi connectivity index (χ4n) is 2.53. The fraction of sp³-hybridized carbons (Fsp3) is 0.200. The van der Waals surface area contributed by atoms with Gasteiger partial charge in [-0.25, -0.2) is 9.97 Å². The maximum absolute atomic E-state index is 4.62. The molecule has 0 radical (unpaired) electrons. The summed E-state index contributed by atoms with van der Waals surface area (Å²) in [5, 5.41) is 5.65. The molecule has 0 fully saturated rings. The zero-order valence-electron chi connectivity index (χ0n) is 11.8. The summed E-state index contributed by atoms with van der Waals surface area (Å²) >= 11 is 3.36. The maximum Gasteiger partial charge on any atom is 0.194 e. The smallest absolute Gasteiger partial charge is 0.194 e. The molecule has 0 atom stereocenters. The predicted molar refractivity (Wildman–Crippen MR) is 89.5 cm³/mol. The third kappa shape index (κ3) is 2.11. The quantitative estimate of drug-likeness (QED) is 0.615. The van der Waals surface area contributed by atoms with Crippen molar-refractivity contribution in [3.8, 4) is 0 Å². The van der Waals surface area contributed by atoms with Crippen molar-refractivity contribution in [1.82, 2.24) is 14.4 Å². The van der Waals surface area contributed by atoms with E-state index in [1.807, 2.05) is 5.51 Å². The summed E-state index contributed by atoms with van der Waals surface area (Å²) in [7, 11) is 0. The zero-order valence-corrected chi connectivity index (χ0v) is 13.4. The third-order valence-electron chi connectivity index (χ3n) is 3.62. The van der Waals surface area contributed by atoms with Crippen molar-refractivity contribution >= 4 is 43.5 Å². The molecule has 0 spiro atoms. The van der Waals surface area contributed by atoms with E-state index in [-0.39, 0.29) is 0 Å². The Morgan fingerprint density at radius 3 is 3.05 bits per heavy atom. The van der Waals surface area contributed by atoms with Crippen LogP contribution in [0.15, 0.2) is 29.1 Å². The lowest BCUT2D eigenvalue weighted by Gasteiger charge is -2.07. The lowest BCUT2D eigenvalue weighted by atomic mass is 10.2. The number of benzene rings is 1. The molecule has 6 heteroatoms. The van der Waals surface area contributed by atoms with Crippen LogP contribution in [0.1, 0.15) is 17.1 Å². The Hall–Kier alpha value is -1.92. The molecule has 4 rings (SSSR count). The van der Waals surface area contributed by atoms with Crippen molar-refractivity contribution < 1.29 is 0 Å². The number of rotatable bonds is 3. The molecule has 4 nitrogen and oxygen atoms in total. The largest absolute Gasteiger partial charge is 0.379 e. The van der Waals surface area contributed by atoms with Gasteiger partial charge in [-0.2, -0.15) is 0 Å². The van der Waals surface area contributed by atoms with Crippen LogP contribution in [-0.2, 0) is 6.54 Å². The van der Waals surface area contributed by atoms with Crippen molar-refractivity contribution in [3.63, 3.8) is 0 Å². The SMILES string of the molecule is Cc1nc2scc(C)n2c1CNc1ccc2ncsc2c1. The van der Waals surface area contributed by atoms with Gasteiger partial charge in [0, 0.05) is 16.8 Å². The molecule has 0 bridgehead atoms. The number of nitrogens with one attached hydrogen (secondary N) is 1. The summed E-state index contributed by atoms with van der Waals surface area (Å²) < 4.78 is 3.44. The number of thiazole rings is 2. The minimum absolute atomic E-state index is 0.773. The van der Waals surface area contributed by atoms with Gasteiger partial charge in [0.05, 0.1) is 33.7 Å². The van der Waals surface area contributed by atoms with Crippen LogP contribution < -0.4 is 5.32 Å². The second-order valence-corrected chi connectivity index (χ2v) is 6.75. The average molecular weight is 314 g/mol. The Labute approximate surface area is 130 Å².